The van der Waals surface area contributed by atoms with E-state index in [1.54, 1.807) is 0 Å². The van der Waals surface area contributed by atoms with Crippen molar-refractivity contribution >= 4 is 11.7 Å². The van der Waals surface area contributed by atoms with E-state index >= 15 is 0 Å². The Balaban J connectivity index is 1.70. The lowest BCUT2D eigenvalue weighted by molar-refractivity contribution is -0.116. The molecule has 88 valence electrons. The Morgan fingerprint density at radius 1 is 1.35 bits per heavy atom. The molecule has 2 aromatic rings. The third-order valence-electron chi connectivity index (χ3n) is 2.02. The molecule has 0 aliphatic carbocycles. The fourth-order valence-corrected chi connectivity index (χ4v) is 1.25. The maximum Gasteiger partial charge on any atom is 0.229 e. The molecular weight excluding hydrogens is 220 g/mol. The highest BCUT2D eigenvalue weighted by Gasteiger charge is 2.04. The van der Waals surface area contributed by atoms with E-state index in [4.69, 9.17) is 4.74 Å². The minimum absolute atomic E-state index is 0.158. The summed E-state index contributed by atoms with van der Waals surface area (Å²) in [7, 11) is 0. The summed E-state index contributed by atoms with van der Waals surface area (Å²) in [6, 6.07) is 9.35. The number of aromatic nitrogens is 3. The summed E-state index contributed by atoms with van der Waals surface area (Å²) < 4.78 is 5.39. The average Bonchev–Trinajstić information content (AvgIpc) is 2.83. The van der Waals surface area contributed by atoms with Gasteiger partial charge in [-0.15, -0.1) is 5.10 Å². The van der Waals surface area contributed by atoms with Crippen LogP contribution >= 0.6 is 0 Å². The molecule has 1 amide bonds. The summed E-state index contributed by atoms with van der Waals surface area (Å²) in [5, 5.41) is 12.3. The van der Waals surface area contributed by atoms with E-state index in [0.29, 0.717) is 12.4 Å². The summed E-state index contributed by atoms with van der Waals surface area (Å²) in [6.07, 6.45) is 1.71. The molecule has 1 aromatic heterocycles. The van der Waals surface area contributed by atoms with Crippen LogP contribution in [0.3, 0.4) is 0 Å². The molecule has 0 unspecified atom stereocenters. The van der Waals surface area contributed by atoms with Gasteiger partial charge in [-0.05, 0) is 12.1 Å². The Kier molecular flexibility index (Phi) is 3.69. The van der Waals surface area contributed by atoms with Gasteiger partial charge in [-0.3, -0.25) is 4.79 Å². The van der Waals surface area contributed by atoms with E-state index in [1.165, 1.54) is 6.20 Å². The first kappa shape index (κ1) is 11.1. The second-order valence-corrected chi connectivity index (χ2v) is 3.31. The number of hydrogen-bond donors (Lipinski definition) is 2. The van der Waals surface area contributed by atoms with Gasteiger partial charge in [0.25, 0.3) is 0 Å². The molecule has 0 spiro atoms. The summed E-state index contributed by atoms with van der Waals surface area (Å²) in [4.78, 5) is 11.4. The van der Waals surface area contributed by atoms with E-state index in [1.807, 2.05) is 30.3 Å². The monoisotopic (exact) mass is 232 g/mol. The highest BCUT2D eigenvalue weighted by molar-refractivity contribution is 5.89. The van der Waals surface area contributed by atoms with E-state index in [2.05, 4.69) is 20.7 Å². The molecule has 0 aliphatic rings. The van der Waals surface area contributed by atoms with Crippen LogP contribution in [-0.4, -0.2) is 27.9 Å². The van der Waals surface area contributed by atoms with Crippen LogP contribution in [0, 0.1) is 0 Å². The molecule has 0 bridgehead atoms. The quantitative estimate of drug-likeness (QED) is 0.812. The molecule has 2 N–H and O–H groups in total. The molecule has 0 aliphatic heterocycles. The van der Waals surface area contributed by atoms with Crippen molar-refractivity contribution in [1.82, 2.24) is 15.4 Å². The lowest BCUT2D eigenvalue weighted by Gasteiger charge is -2.05. The van der Waals surface area contributed by atoms with E-state index in [0.717, 1.165) is 5.75 Å². The minimum Gasteiger partial charge on any atom is -0.493 e. The zero-order chi connectivity index (χ0) is 11.9. The van der Waals surface area contributed by atoms with Gasteiger partial charge < -0.3 is 10.1 Å². The average molecular weight is 232 g/mol. The van der Waals surface area contributed by atoms with Crippen LogP contribution in [0.4, 0.5) is 5.82 Å². The van der Waals surface area contributed by atoms with Crippen molar-refractivity contribution < 1.29 is 9.53 Å². The number of nitrogens with one attached hydrogen (secondary N) is 2. The lowest BCUT2D eigenvalue weighted by Crippen LogP contribution is -2.15. The molecule has 2 rings (SSSR count). The number of rotatable bonds is 5. The molecule has 17 heavy (non-hydrogen) atoms. The second kappa shape index (κ2) is 5.64. The zero-order valence-electron chi connectivity index (χ0n) is 9.09. The second-order valence-electron chi connectivity index (χ2n) is 3.31. The molecule has 0 atom stereocenters. The number of aromatic amines is 1. The van der Waals surface area contributed by atoms with Crippen molar-refractivity contribution in [3.05, 3.63) is 36.5 Å². The molecule has 0 radical (unpaired) electrons. The van der Waals surface area contributed by atoms with Gasteiger partial charge in [0, 0.05) is 0 Å². The maximum atomic E-state index is 11.4. The first-order valence-corrected chi connectivity index (χ1v) is 5.18. The van der Waals surface area contributed by atoms with E-state index in [-0.39, 0.29) is 12.3 Å². The van der Waals surface area contributed by atoms with Crippen LogP contribution < -0.4 is 10.1 Å². The van der Waals surface area contributed by atoms with Gasteiger partial charge in [0.05, 0.1) is 19.2 Å². The fraction of sp³-hybridized carbons (Fsp3) is 0.182. The van der Waals surface area contributed by atoms with E-state index < -0.39 is 0 Å². The number of anilines is 1. The largest absolute Gasteiger partial charge is 0.493 e. The van der Waals surface area contributed by atoms with Crippen LogP contribution in [0.15, 0.2) is 36.5 Å². The van der Waals surface area contributed by atoms with Crippen LogP contribution in [0.2, 0.25) is 0 Å². The van der Waals surface area contributed by atoms with Crippen LogP contribution in [0.1, 0.15) is 6.42 Å². The molecule has 0 saturated heterocycles. The molecule has 6 nitrogen and oxygen atoms in total. The fourth-order valence-electron chi connectivity index (χ4n) is 1.25. The smallest absolute Gasteiger partial charge is 0.229 e. The van der Waals surface area contributed by atoms with Gasteiger partial charge in [0.15, 0.2) is 5.82 Å². The van der Waals surface area contributed by atoms with Gasteiger partial charge in [0.2, 0.25) is 5.91 Å². The topological polar surface area (TPSA) is 79.9 Å². The highest BCUT2D eigenvalue weighted by Crippen LogP contribution is 2.08. The van der Waals surface area contributed by atoms with E-state index in [9.17, 15) is 4.79 Å². The zero-order valence-corrected chi connectivity index (χ0v) is 9.09. The first-order valence-electron chi connectivity index (χ1n) is 5.18. The Morgan fingerprint density at radius 2 is 2.18 bits per heavy atom. The van der Waals surface area contributed by atoms with Crippen molar-refractivity contribution in [2.75, 3.05) is 11.9 Å². The van der Waals surface area contributed by atoms with Gasteiger partial charge in [-0.2, -0.15) is 10.3 Å². The van der Waals surface area contributed by atoms with Crippen molar-refractivity contribution in [3.63, 3.8) is 0 Å². The number of carbonyl (C=O) groups is 1. The number of ether oxygens (including phenoxy) is 1. The minimum atomic E-state index is -0.158. The molecule has 6 heteroatoms. The Morgan fingerprint density at radius 3 is 2.88 bits per heavy atom. The Labute approximate surface area is 98.0 Å². The van der Waals surface area contributed by atoms with Gasteiger partial charge in [0.1, 0.15) is 5.75 Å². The molecule has 1 aromatic carbocycles. The first-order chi connectivity index (χ1) is 8.34. The van der Waals surface area contributed by atoms with Crippen LogP contribution in [0.5, 0.6) is 5.75 Å². The Hall–Kier alpha value is -2.37. The van der Waals surface area contributed by atoms with Crippen molar-refractivity contribution in [2.45, 2.75) is 6.42 Å². The SMILES string of the molecule is O=C(CCOc1ccccc1)Nc1cn[nH]n1. The van der Waals surface area contributed by atoms with Crippen molar-refractivity contribution in [1.29, 1.82) is 0 Å². The number of nitrogens with zero attached hydrogens (tertiary/aromatic N) is 2. The number of carbonyl (C=O) groups excluding carboxylic acids is 1. The third-order valence-corrected chi connectivity index (χ3v) is 2.02. The number of benzene rings is 1. The standard InChI is InChI=1S/C11H12N4O2/c16-11(13-10-8-12-15-14-10)6-7-17-9-4-2-1-3-5-9/h1-5,8H,6-7H2,(H2,12,13,14,15,16). The summed E-state index contributed by atoms with van der Waals surface area (Å²) in [6.45, 7) is 0.327. The number of H-pyrrole nitrogens is 1. The van der Waals surface area contributed by atoms with Gasteiger partial charge >= 0.3 is 0 Å². The molecule has 1 heterocycles. The highest BCUT2D eigenvalue weighted by atomic mass is 16.5. The van der Waals surface area contributed by atoms with Crippen molar-refractivity contribution in [3.8, 4) is 5.75 Å². The molecule has 0 saturated carbocycles. The molecule has 0 fully saturated rings. The maximum absolute atomic E-state index is 11.4. The van der Waals surface area contributed by atoms with Gasteiger partial charge in [-0.1, -0.05) is 18.2 Å². The summed E-state index contributed by atoms with van der Waals surface area (Å²) in [5.74, 6) is 1.01. The van der Waals surface area contributed by atoms with Gasteiger partial charge in [-0.25, -0.2) is 0 Å². The van der Waals surface area contributed by atoms with Crippen molar-refractivity contribution in [2.24, 2.45) is 0 Å². The predicted molar refractivity (Wildman–Crippen MR) is 61.6 cm³/mol. The molecular formula is C11H12N4O2. The normalized spacial score (nSPS) is 9.88. The lowest BCUT2D eigenvalue weighted by atomic mass is 10.3. The number of amides is 1. The number of hydrogen-bond acceptors (Lipinski definition) is 4. The predicted octanol–water partition coefficient (Wildman–Crippen LogP) is 1.21. The Bertz CT molecular complexity index is 456. The summed E-state index contributed by atoms with van der Waals surface area (Å²) >= 11 is 0. The third kappa shape index (κ3) is 3.60. The van der Waals surface area contributed by atoms with Crippen LogP contribution in [-0.2, 0) is 4.79 Å². The number of para-hydroxylation sites is 1. The summed E-state index contributed by atoms with van der Waals surface area (Å²) in [5.41, 5.74) is 0. The van der Waals surface area contributed by atoms with Crippen LogP contribution in [0.25, 0.3) is 0 Å².